The van der Waals surface area contributed by atoms with Crippen LogP contribution in [0.2, 0.25) is 0 Å². The van der Waals surface area contributed by atoms with Crippen LogP contribution in [-0.4, -0.2) is 15.7 Å². The lowest BCUT2D eigenvalue weighted by atomic mass is 10.0. The van der Waals surface area contributed by atoms with Crippen molar-refractivity contribution in [1.82, 2.24) is 4.98 Å². The smallest absolute Gasteiger partial charge is 0.271 e. The Morgan fingerprint density at radius 1 is 1.30 bits per heavy atom. The van der Waals surface area contributed by atoms with Crippen molar-refractivity contribution in [2.75, 3.05) is 0 Å². The van der Waals surface area contributed by atoms with Crippen molar-refractivity contribution in [3.8, 4) is 0 Å². The number of H-pyrrole nitrogens is 1. The van der Waals surface area contributed by atoms with Crippen LogP contribution in [0, 0.1) is 17.0 Å². The van der Waals surface area contributed by atoms with E-state index in [0.717, 1.165) is 0 Å². The zero-order valence-corrected chi connectivity index (χ0v) is 10.5. The summed E-state index contributed by atoms with van der Waals surface area (Å²) in [6.45, 7) is 1.72. The Morgan fingerprint density at radius 3 is 2.75 bits per heavy atom. The molecule has 0 bridgehead atoms. The number of ketones is 1. The van der Waals surface area contributed by atoms with Gasteiger partial charge in [-0.15, -0.1) is 0 Å². The van der Waals surface area contributed by atoms with Crippen LogP contribution in [0.5, 0.6) is 0 Å². The number of furan rings is 1. The van der Waals surface area contributed by atoms with E-state index in [9.17, 15) is 14.9 Å². The molecule has 20 heavy (non-hydrogen) atoms. The molecule has 0 unspecified atom stereocenters. The predicted molar refractivity (Wildman–Crippen MR) is 71.8 cm³/mol. The van der Waals surface area contributed by atoms with Gasteiger partial charge in [-0.1, -0.05) is 0 Å². The molecule has 6 heteroatoms. The van der Waals surface area contributed by atoms with Gasteiger partial charge in [-0.2, -0.15) is 0 Å². The van der Waals surface area contributed by atoms with Crippen LogP contribution in [0.3, 0.4) is 0 Å². The number of hydrogen-bond acceptors (Lipinski definition) is 4. The van der Waals surface area contributed by atoms with Gasteiger partial charge in [0.1, 0.15) is 5.76 Å². The maximum atomic E-state index is 12.4. The van der Waals surface area contributed by atoms with Crippen LogP contribution in [0.4, 0.5) is 5.69 Å². The van der Waals surface area contributed by atoms with Gasteiger partial charge in [0.15, 0.2) is 5.78 Å². The highest BCUT2D eigenvalue weighted by molar-refractivity contribution is 6.16. The standard InChI is InChI=1S/C14H10N2O4/c1-8-10(4-5-20-8)14(17)12-7-15-13-6-9(16(18)19)2-3-11(12)13/h2-7,15H,1H3. The lowest BCUT2D eigenvalue weighted by Gasteiger charge is -1.98. The molecule has 2 aromatic heterocycles. The summed E-state index contributed by atoms with van der Waals surface area (Å²) >= 11 is 0. The first-order valence-electron chi connectivity index (χ1n) is 5.92. The summed E-state index contributed by atoms with van der Waals surface area (Å²) in [7, 11) is 0. The predicted octanol–water partition coefficient (Wildman–Crippen LogP) is 3.21. The molecule has 0 saturated carbocycles. The minimum atomic E-state index is -0.470. The van der Waals surface area contributed by atoms with Crippen molar-refractivity contribution in [3.05, 3.63) is 63.7 Å². The molecule has 3 rings (SSSR count). The summed E-state index contributed by atoms with van der Waals surface area (Å²) < 4.78 is 5.13. The van der Waals surface area contributed by atoms with Crippen LogP contribution >= 0.6 is 0 Å². The fraction of sp³-hybridized carbons (Fsp3) is 0.0714. The molecule has 0 aliphatic rings. The van der Waals surface area contributed by atoms with Crippen LogP contribution in [0.25, 0.3) is 10.9 Å². The van der Waals surface area contributed by atoms with Crippen LogP contribution in [-0.2, 0) is 0 Å². The minimum Gasteiger partial charge on any atom is -0.469 e. The minimum absolute atomic E-state index is 0.0159. The molecule has 1 aromatic carbocycles. The maximum Gasteiger partial charge on any atom is 0.271 e. The maximum absolute atomic E-state index is 12.4. The quantitative estimate of drug-likeness (QED) is 0.449. The number of carbonyl (C=O) groups excluding carboxylic acids is 1. The largest absolute Gasteiger partial charge is 0.469 e. The van der Waals surface area contributed by atoms with Crippen LogP contribution in [0.15, 0.2) is 41.1 Å². The van der Waals surface area contributed by atoms with E-state index in [4.69, 9.17) is 4.42 Å². The summed E-state index contributed by atoms with van der Waals surface area (Å²) in [6, 6.07) is 5.98. The third-order valence-corrected chi connectivity index (χ3v) is 3.22. The Labute approximate surface area is 113 Å². The van der Waals surface area contributed by atoms with Gasteiger partial charge in [-0.25, -0.2) is 0 Å². The zero-order chi connectivity index (χ0) is 14.3. The second kappa shape index (κ2) is 4.34. The SMILES string of the molecule is Cc1occc1C(=O)c1c[nH]c2cc([N+](=O)[O-])ccc12. The Bertz CT molecular complexity index is 829. The molecule has 0 amide bonds. The molecule has 0 aliphatic heterocycles. The van der Waals surface area contributed by atoms with E-state index in [1.165, 1.54) is 18.4 Å². The topological polar surface area (TPSA) is 89.1 Å². The van der Waals surface area contributed by atoms with Crippen molar-refractivity contribution in [3.63, 3.8) is 0 Å². The van der Waals surface area contributed by atoms with Gasteiger partial charge in [0.05, 0.1) is 22.3 Å². The fourth-order valence-electron chi connectivity index (χ4n) is 2.18. The van der Waals surface area contributed by atoms with Gasteiger partial charge >= 0.3 is 0 Å². The van der Waals surface area contributed by atoms with Gasteiger partial charge in [-0.3, -0.25) is 14.9 Å². The van der Waals surface area contributed by atoms with Gasteiger partial charge < -0.3 is 9.40 Å². The van der Waals surface area contributed by atoms with Crippen molar-refractivity contribution >= 4 is 22.4 Å². The van der Waals surface area contributed by atoms with E-state index in [0.29, 0.717) is 27.8 Å². The van der Waals surface area contributed by atoms with Gasteiger partial charge in [0.25, 0.3) is 5.69 Å². The van der Waals surface area contributed by atoms with E-state index in [1.807, 2.05) is 0 Å². The van der Waals surface area contributed by atoms with E-state index in [1.54, 1.807) is 25.3 Å². The van der Waals surface area contributed by atoms with Gasteiger partial charge in [-0.05, 0) is 19.1 Å². The highest BCUT2D eigenvalue weighted by Gasteiger charge is 2.18. The lowest BCUT2D eigenvalue weighted by Crippen LogP contribution is -2.00. The molecular formula is C14H10N2O4. The third kappa shape index (κ3) is 1.78. The zero-order valence-electron chi connectivity index (χ0n) is 10.5. The highest BCUT2D eigenvalue weighted by Crippen LogP contribution is 2.26. The lowest BCUT2D eigenvalue weighted by molar-refractivity contribution is -0.384. The van der Waals surface area contributed by atoms with E-state index in [-0.39, 0.29) is 11.5 Å². The molecule has 0 atom stereocenters. The number of nitrogens with zero attached hydrogens (tertiary/aromatic N) is 1. The Hall–Kier alpha value is -2.89. The number of nitro benzene ring substituents is 1. The molecule has 0 saturated heterocycles. The molecule has 6 nitrogen and oxygen atoms in total. The number of carbonyl (C=O) groups is 1. The van der Waals surface area contributed by atoms with E-state index < -0.39 is 4.92 Å². The Balaban J connectivity index is 2.12. The van der Waals surface area contributed by atoms with Gasteiger partial charge in [0, 0.05) is 29.3 Å². The summed E-state index contributed by atoms with van der Waals surface area (Å²) in [5.74, 6) is 0.377. The van der Waals surface area contributed by atoms with E-state index in [2.05, 4.69) is 4.98 Å². The second-order valence-electron chi connectivity index (χ2n) is 4.41. The number of non-ortho nitro benzene ring substituents is 1. The normalized spacial score (nSPS) is 10.8. The second-order valence-corrected chi connectivity index (χ2v) is 4.41. The summed E-state index contributed by atoms with van der Waals surface area (Å²) in [5, 5.41) is 11.4. The number of nitrogens with one attached hydrogen (secondary N) is 1. The Morgan fingerprint density at radius 2 is 2.10 bits per heavy atom. The number of aromatic nitrogens is 1. The average Bonchev–Trinajstić information content (AvgIpc) is 3.03. The average molecular weight is 270 g/mol. The molecule has 0 fully saturated rings. The summed E-state index contributed by atoms with van der Waals surface area (Å²) in [5.41, 5.74) is 1.50. The Kier molecular flexibility index (Phi) is 2.64. The number of nitro groups is 1. The van der Waals surface area contributed by atoms with Crippen molar-refractivity contribution in [2.24, 2.45) is 0 Å². The molecular weight excluding hydrogens is 260 g/mol. The molecule has 0 spiro atoms. The van der Waals surface area contributed by atoms with Crippen molar-refractivity contribution < 1.29 is 14.1 Å². The molecule has 3 aromatic rings. The highest BCUT2D eigenvalue weighted by atomic mass is 16.6. The number of aryl methyl sites for hydroxylation is 1. The summed E-state index contributed by atoms with van der Waals surface area (Å²) in [4.78, 5) is 25.6. The number of fused-ring (bicyclic) bond motifs is 1. The molecule has 1 N–H and O–H groups in total. The number of hydrogen-bond donors (Lipinski definition) is 1. The van der Waals surface area contributed by atoms with Crippen molar-refractivity contribution in [2.45, 2.75) is 6.92 Å². The van der Waals surface area contributed by atoms with Crippen molar-refractivity contribution in [1.29, 1.82) is 0 Å². The molecule has 100 valence electrons. The summed E-state index contributed by atoms with van der Waals surface area (Å²) in [6.07, 6.45) is 3.02. The molecule has 0 aliphatic carbocycles. The van der Waals surface area contributed by atoms with Gasteiger partial charge in [0.2, 0.25) is 0 Å². The molecule has 0 radical (unpaired) electrons. The van der Waals surface area contributed by atoms with Crippen LogP contribution < -0.4 is 0 Å². The first-order valence-corrected chi connectivity index (χ1v) is 5.92. The number of aromatic amines is 1. The monoisotopic (exact) mass is 270 g/mol. The first kappa shape index (κ1) is 12.2. The number of benzene rings is 1. The third-order valence-electron chi connectivity index (χ3n) is 3.22. The number of rotatable bonds is 3. The van der Waals surface area contributed by atoms with Crippen LogP contribution in [0.1, 0.15) is 21.7 Å². The first-order chi connectivity index (χ1) is 9.58. The fourth-order valence-corrected chi connectivity index (χ4v) is 2.18. The van der Waals surface area contributed by atoms with E-state index >= 15 is 0 Å². The molecule has 2 heterocycles.